The third kappa shape index (κ3) is 2.63. The monoisotopic (exact) mass is 255 g/mol. The molecule has 5 heteroatoms. The van der Waals surface area contributed by atoms with Gasteiger partial charge in [0.25, 0.3) is 0 Å². The van der Waals surface area contributed by atoms with E-state index in [1.807, 2.05) is 11.8 Å². The molecule has 1 aromatic carbocycles. The van der Waals surface area contributed by atoms with Gasteiger partial charge in [-0.1, -0.05) is 0 Å². The quantitative estimate of drug-likeness (QED) is 0.842. The summed E-state index contributed by atoms with van der Waals surface area (Å²) in [5, 5.41) is 18.5. The Morgan fingerprint density at radius 2 is 2.22 bits per heavy atom. The van der Waals surface area contributed by atoms with E-state index in [1.54, 1.807) is 6.07 Å². The molecule has 4 nitrogen and oxygen atoms in total. The molecular weight excluding hydrogens is 237 g/mol. The van der Waals surface area contributed by atoms with Crippen molar-refractivity contribution >= 4 is 5.69 Å². The van der Waals surface area contributed by atoms with Crippen LogP contribution in [0.1, 0.15) is 12.5 Å². The average Bonchev–Trinajstić information content (AvgIpc) is 2.39. The second-order valence-corrected chi connectivity index (χ2v) is 4.57. The van der Waals surface area contributed by atoms with Crippen LogP contribution in [-0.4, -0.2) is 42.1 Å². The van der Waals surface area contributed by atoms with Crippen molar-refractivity contribution in [2.45, 2.75) is 25.7 Å². The fraction of sp³-hybridized carbons (Fsp3) is 0.538. The molecule has 0 spiro atoms. The number of hydrogen-bond donors (Lipinski definition) is 2. The van der Waals surface area contributed by atoms with Crippen LogP contribution in [0.5, 0.6) is 0 Å². The zero-order chi connectivity index (χ0) is 13.1. The minimum absolute atomic E-state index is 0.0428. The van der Waals surface area contributed by atoms with Crippen LogP contribution in [0, 0.1) is 5.82 Å². The predicted octanol–water partition coefficient (Wildman–Crippen LogP) is 0.904. The highest BCUT2D eigenvalue weighted by atomic mass is 19.1. The number of halogens is 1. The molecule has 100 valence electrons. The van der Waals surface area contributed by atoms with Crippen LogP contribution in [0.4, 0.5) is 10.1 Å². The zero-order valence-corrected chi connectivity index (χ0v) is 10.3. The van der Waals surface area contributed by atoms with Crippen LogP contribution in [0.25, 0.3) is 0 Å². The molecule has 0 aliphatic carbocycles. The highest BCUT2D eigenvalue weighted by Crippen LogP contribution is 2.26. The van der Waals surface area contributed by atoms with Crippen molar-refractivity contribution in [3.8, 4) is 0 Å². The van der Waals surface area contributed by atoms with Crippen molar-refractivity contribution < 1.29 is 19.3 Å². The molecule has 0 amide bonds. The number of aliphatic hydroxyl groups excluding tert-OH is 2. The van der Waals surface area contributed by atoms with E-state index < -0.39 is 0 Å². The summed E-state index contributed by atoms with van der Waals surface area (Å²) in [5.74, 6) is -0.359. The molecule has 1 aromatic rings. The normalized spacial score (nSPS) is 24.3. The first kappa shape index (κ1) is 13.3. The number of aliphatic hydroxyl groups is 2. The summed E-state index contributed by atoms with van der Waals surface area (Å²) >= 11 is 0. The number of ether oxygens (including phenoxy) is 1. The van der Waals surface area contributed by atoms with E-state index in [-0.39, 0.29) is 31.2 Å². The highest BCUT2D eigenvalue weighted by Gasteiger charge is 2.27. The maximum atomic E-state index is 13.1. The Balaban J connectivity index is 2.28. The molecule has 2 atom stereocenters. The van der Waals surface area contributed by atoms with Gasteiger partial charge in [0.15, 0.2) is 0 Å². The first-order valence-electron chi connectivity index (χ1n) is 6.04. The lowest BCUT2D eigenvalue weighted by atomic mass is 10.1. The first-order chi connectivity index (χ1) is 8.65. The van der Waals surface area contributed by atoms with Crippen LogP contribution in [0.15, 0.2) is 18.2 Å². The molecule has 1 aliphatic heterocycles. The smallest absolute Gasteiger partial charge is 0.123 e. The molecule has 1 saturated heterocycles. The minimum Gasteiger partial charge on any atom is -0.394 e. The van der Waals surface area contributed by atoms with Gasteiger partial charge in [-0.3, -0.25) is 0 Å². The standard InChI is InChI=1S/C13H18FNO3/c1-9-8-18-12(7-17)5-15(9)13-3-2-11(14)4-10(13)6-16/h2-4,9,12,16-17H,5-8H2,1H3. The lowest BCUT2D eigenvalue weighted by Gasteiger charge is -2.39. The summed E-state index contributed by atoms with van der Waals surface area (Å²) in [6.45, 7) is 2.79. The molecule has 2 rings (SSSR count). The van der Waals surface area contributed by atoms with Gasteiger partial charge in [0.05, 0.1) is 25.9 Å². The molecule has 1 heterocycles. The molecule has 18 heavy (non-hydrogen) atoms. The van der Waals surface area contributed by atoms with Crippen LogP contribution >= 0.6 is 0 Å². The van der Waals surface area contributed by atoms with Crippen molar-refractivity contribution in [2.75, 3.05) is 24.7 Å². The maximum Gasteiger partial charge on any atom is 0.123 e. The van der Waals surface area contributed by atoms with Crippen LogP contribution < -0.4 is 4.90 Å². The van der Waals surface area contributed by atoms with E-state index in [2.05, 4.69) is 0 Å². The van der Waals surface area contributed by atoms with Crippen molar-refractivity contribution in [1.82, 2.24) is 0 Å². The Morgan fingerprint density at radius 3 is 2.89 bits per heavy atom. The van der Waals surface area contributed by atoms with Gasteiger partial charge in [0.1, 0.15) is 5.82 Å². The van der Waals surface area contributed by atoms with E-state index in [9.17, 15) is 9.50 Å². The van der Waals surface area contributed by atoms with Crippen molar-refractivity contribution in [1.29, 1.82) is 0 Å². The SMILES string of the molecule is CC1COC(CO)CN1c1ccc(F)cc1CO. The van der Waals surface area contributed by atoms with Crippen LogP contribution in [-0.2, 0) is 11.3 Å². The second-order valence-electron chi connectivity index (χ2n) is 4.57. The number of rotatable bonds is 3. The number of benzene rings is 1. The van der Waals surface area contributed by atoms with E-state index in [0.717, 1.165) is 5.69 Å². The first-order valence-corrected chi connectivity index (χ1v) is 6.04. The van der Waals surface area contributed by atoms with Crippen LogP contribution in [0.2, 0.25) is 0 Å². The van der Waals surface area contributed by atoms with Gasteiger partial charge in [0.2, 0.25) is 0 Å². The number of hydrogen-bond acceptors (Lipinski definition) is 4. The summed E-state index contributed by atoms with van der Waals surface area (Å²) < 4.78 is 18.6. The fourth-order valence-corrected chi connectivity index (χ4v) is 2.22. The van der Waals surface area contributed by atoms with E-state index in [0.29, 0.717) is 18.7 Å². The Hall–Kier alpha value is -1.17. The average molecular weight is 255 g/mol. The zero-order valence-electron chi connectivity index (χ0n) is 10.3. The van der Waals surface area contributed by atoms with E-state index >= 15 is 0 Å². The largest absolute Gasteiger partial charge is 0.394 e. The van der Waals surface area contributed by atoms with Gasteiger partial charge in [-0.15, -0.1) is 0 Å². The minimum atomic E-state index is -0.359. The topological polar surface area (TPSA) is 52.9 Å². The molecule has 2 N–H and O–H groups in total. The van der Waals surface area contributed by atoms with Gasteiger partial charge in [-0.05, 0) is 25.1 Å². The van der Waals surface area contributed by atoms with Gasteiger partial charge in [0, 0.05) is 23.8 Å². The lowest BCUT2D eigenvalue weighted by molar-refractivity contribution is -0.0104. The molecule has 0 aromatic heterocycles. The summed E-state index contributed by atoms with van der Waals surface area (Å²) in [6.07, 6.45) is -0.238. The molecule has 0 bridgehead atoms. The van der Waals surface area contributed by atoms with E-state index in [4.69, 9.17) is 9.84 Å². The van der Waals surface area contributed by atoms with Gasteiger partial charge in [-0.25, -0.2) is 4.39 Å². The summed E-state index contributed by atoms with van der Waals surface area (Å²) in [4.78, 5) is 2.04. The van der Waals surface area contributed by atoms with E-state index in [1.165, 1.54) is 12.1 Å². The van der Waals surface area contributed by atoms with Crippen molar-refractivity contribution in [2.24, 2.45) is 0 Å². The lowest BCUT2D eigenvalue weighted by Crippen LogP contribution is -2.50. The summed E-state index contributed by atoms with van der Waals surface area (Å²) in [5.41, 5.74) is 1.36. The summed E-state index contributed by atoms with van der Waals surface area (Å²) in [6, 6.07) is 4.51. The van der Waals surface area contributed by atoms with Gasteiger partial charge in [-0.2, -0.15) is 0 Å². The number of anilines is 1. The Labute approximate surface area is 106 Å². The predicted molar refractivity (Wildman–Crippen MR) is 66.0 cm³/mol. The molecule has 1 fully saturated rings. The molecule has 0 saturated carbocycles. The van der Waals surface area contributed by atoms with Crippen LogP contribution in [0.3, 0.4) is 0 Å². The third-order valence-corrected chi connectivity index (χ3v) is 3.23. The number of nitrogens with zero attached hydrogens (tertiary/aromatic N) is 1. The molecular formula is C13H18FNO3. The Bertz CT molecular complexity index is 413. The van der Waals surface area contributed by atoms with Gasteiger partial charge >= 0.3 is 0 Å². The van der Waals surface area contributed by atoms with Gasteiger partial charge < -0.3 is 19.8 Å². The number of morpholine rings is 1. The Morgan fingerprint density at radius 1 is 1.44 bits per heavy atom. The second kappa shape index (κ2) is 5.65. The third-order valence-electron chi connectivity index (χ3n) is 3.23. The fourth-order valence-electron chi connectivity index (χ4n) is 2.22. The summed E-state index contributed by atoms with van der Waals surface area (Å²) in [7, 11) is 0. The molecule has 1 aliphatic rings. The van der Waals surface area contributed by atoms with Crippen molar-refractivity contribution in [3.05, 3.63) is 29.6 Å². The highest BCUT2D eigenvalue weighted by molar-refractivity contribution is 5.54. The maximum absolute atomic E-state index is 13.1. The Kier molecular flexibility index (Phi) is 4.16. The molecule has 2 unspecified atom stereocenters. The molecule has 0 radical (unpaired) electrons. The van der Waals surface area contributed by atoms with Crippen molar-refractivity contribution in [3.63, 3.8) is 0 Å².